The van der Waals surface area contributed by atoms with Crippen molar-refractivity contribution in [2.45, 2.75) is 23.8 Å². The van der Waals surface area contributed by atoms with Crippen molar-refractivity contribution in [2.24, 2.45) is 0 Å². The Bertz CT molecular complexity index is 1330. The van der Waals surface area contributed by atoms with Gasteiger partial charge < -0.3 is 5.32 Å². The van der Waals surface area contributed by atoms with E-state index in [1.165, 1.54) is 24.3 Å². The maximum absolute atomic E-state index is 13.1. The van der Waals surface area contributed by atoms with Crippen molar-refractivity contribution in [2.75, 3.05) is 4.72 Å². The molecule has 1 aliphatic rings. The first-order chi connectivity index (χ1) is 16.3. The van der Waals surface area contributed by atoms with Crippen LogP contribution in [0.1, 0.15) is 29.3 Å². The first-order valence-corrected chi connectivity index (χ1v) is 12.0. The molecule has 1 unspecified atom stereocenters. The molecule has 4 amide bonds. The average Bonchev–Trinajstić information content (AvgIpc) is 3.10. The molecule has 3 aromatic rings. The van der Waals surface area contributed by atoms with Crippen LogP contribution in [0.4, 0.5) is 10.5 Å². The predicted octanol–water partition coefficient (Wildman–Crippen LogP) is 2.99. The van der Waals surface area contributed by atoms with Crippen molar-refractivity contribution in [3.63, 3.8) is 0 Å². The van der Waals surface area contributed by atoms with Gasteiger partial charge in [-0.25, -0.2) is 13.2 Å². The number of urea groups is 1. The number of carbonyl (C=O) groups excluding carboxylic acids is 3. The lowest BCUT2D eigenvalue weighted by Gasteiger charge is -2.25. The average molecular weight is 479 g/mol. The number of nitrogens with zero attached hydrogens (tertiary/aromatic N) is 1. The highest BCUT2D eigenvalue weighted by atomic mass is 32.2. The highest BCUT2D eigenvalue weighted by molar-refractivity contribution is 7.92. The maximum Gasteiger partial charge on any atom is 0.344 e. The monoisotopic (exact) mass is 478 g/mol. The summed E-state index contributed by atoms with van der Waals surface area (Å²) < 4.78 is 27.6. The van der Waals surface area contributed by atoms with E-state index in [1.807, 2.05) is 0 Å². The van der Waals surface area contributed by atoms with Crippen LogP contribution in [0.2, 0.25) is 0 Å². The molecule has 174 valence electrons. The number of amides is 4. The molecule has 1 saturated heterocycles. The number of para-hydroxylation sites is 1. The zero-order valence-corrected chi connectivity index (χ0v) is 19.0. The van der Waals surface area contributed by atoms with E-state index in [0.29, 0.717) is 16.3 Å². The Morgan fingerprint density at radius 2 is 1.50 bits per heavy atom. The second-order valence-corrected chi connectivity index (χ2v) is 9.31. The third-order valence-corrected chi connectivity index (χ3v) is 6.95. The Hall–Kier alpha value is -4.18. The van der Waals surface area contributed by atoms with Crippen molar-refractivity contribution in [1.82, 2.24) is 15.8 Å². The number of hydrogen-bond acceptors (Lipinski definition) is 5. The van der Waals surface area contributed by atoms with E-state index in [0.717, 1.165) is 0 Å². The van der Waals surface area contributed by atoms with Gasteiger partial charge in [0.25, 0.3) is 21.8 Å². The maximum atomic E-state index is 13.1. The van der Waals surface area contributed by atoms with Gasteiger partial charge in [0, 0.05) is 11.3 Å². The SMILES string of the molecule is CCC1(c2ccccc2)NC(=O)N(NC(=O)c2ccc(S(=O)(=O)Nc3ccccc3)cc2)C1=O. The first-order valence-electron chi connectivity index (χ1n) is 10.5. The Labute approximate surface area is 196 Å². The molecule has 1 aliphatic heterocycles. The highest BCUT2D eigenvalue weighted by Crippen LogP contribution is 2.31. The second-order valence-electron chi connectivity index (χ2n) is 7.63. The van der Waals surface area contributed by atoms with Crippen molar-refractivity contribution < 1.29 is 22.8 Å². The Morgan fingerprint density at radius 3 is 2.09 bits per heavy atom. The summed E-state index contributed by atoms with van der Waals surface area (Å²) in [6.07, 6.45) is 0.287. The van der Waals surface area contributed by atoms with E-state index < -0.39 is 33.4 Å². The Balaban J connectivity index is 1.50. The minimum Gasteiger partial charge on any atom is -0.318 e. The topological polar surface area (TPSA) is 125 Å². The van der Waals surface area contributed by atoms with Gasteiger partial charge in [-0.2, -0.15) is 5.01 Å². The number of imide groups is 1. The van der Waals surface area contributed by atoms with Gasteiger partial charge >= 0.3 is 6.03 Å². The zero-order chi connectivity index (χ0) is 24.3. The van der Waals surface area contributed by atoms with E-state index in [2.05, 4.69) is 15.5 Å². The standard InChI is InChI=1S/C24H22N4O5S/c1-2-24(18-9-5-3-6-10-18)22(30)28(23(31)25-24)26-21(29)17-13-15-20(16-14-17)34(32,33)27-19-11-7-4-8-12-19/h3-16,27H,2H2,1H3,(H,25,31)(H,26,29). The molecule has 9 nitrogen and oxygen atoms in total. The summed E-state index contributed by atoms with van der Waals surface area (Å²) in [5, 5.41) is 3.33. The molecule has 0 saturated carbocycles. The van der Waals surface area contributed by atoms with Crippen molar-refractivity contribution >= 4 is 33.6 Å². The van der Waals surface area contributed by atoms with Gasteiger partial charge in [-0.1, -0.05) is 55.5 Å². The van der Waals surface area contributed by atoms with Gasteiger partial charge in [0.15, 0.2) is 0 Å². The molecule has 10 heteroatoms. The third-order valence-electron chi connectivity index (χ3n) is 5.55. The Morgan fingerprint density at radius 1 is 0.912 bits per heavy atom. The summed E-state index contributed by atoms with van der Waals surface area (Å²) in [4.78, 5) is 38.4. The van der Waals surface area contributed by atoms with Gasteiger partial charge in [0.05, 0.1) is 4.90 Å². The van der Waals surface area contributed by atoms with Gasteiger partial charge in [0.2, 0.25) is 0 Å². The molecule has 4 rings (SSSR count). The summed E-state index contributed by atoms with van der Waals surface area (Å²) in [5.74, 6) is -1.34. The number of rotatable bonds is 7. The van der Waals surface area contributed by atoms with Crippen LogP contribution in [0, 0.1) is 0 Å². The molecule has 0 aromatic heterocycles. The molecular weight excluding hydrogens is 456 g/mol. The summed E-state index contributed by atoms with van der Waals surface area (Å²) >= 11 is 0. The minimum absolute atomic E-state index is 0.0445. The number of nitrogens with one attached hydrogen (secondary N) is 3. The minimum atomic E-state index is -3.86. The van der Waals surface area contributed by atoms with Crippen LogP contribution in [-0.2, 0) is 20.4 Å². The lowest BCUT2D eigenvalue weighted by molar-refractivity contribution is -0.133. The van der Waals surface area contributed by atoms with Crippen LogP contribution in [0.25, 0.3) is 0 Å². The summed E-state index contributed by atoms with van der Waals surface area (Å²) in [5.41, 5.74) is 2.12. The number of benzene rings is 3. The summed E-state index contributed by atoms with van der Waals surface area (Å²) in [6, 6.07) is 21.6. The largest absolute Gasteiger partial charge is 0.344 e. The Kier molecular flexibility index (Phi) is 6.08. The van der Waals surface area contributed by atoms with E-state index in [4.69, 9.17) is 0 Å². The van der Waals surface area contributed by atoms with Crippen molar-refractivity contribution in [1.29, 1.82) is 0 Å². The molecule has 3 N–H and O–H groups in total. The fraction of sp³-hybridized carbons (Fsp3) is 0.125. The normalized spacial score (nSPS) is 17.9. The second kappa shape index (κ2) is 8.99. The molecule has 0 bridgehead atoms. The van der Waals surface area contributed by atoms with Gasteiger partial charge in [0.1, 0.15) is 5.54 Å². The van der Waals surface area contributed by atoms with Crippen LogP contribution in [0.15, 0.2) is 89.8 Å². The van der Waals surface area contributed by atoms with E-state index in [9.17, 15) is 22.8 Å². The lowest BCUT2D eigenvalue weighted by atomic mass is 9.87. The fourth-order valence-electron chi connectivity index (χ4n) is 3.71. The van der Waals surface area contributed by atoms with Crippen LogP contribution in [0.3, 0.4) is 0 Å². The lowest BCUT2D eigenvalue weighted by Crippen LogP contribution is -2.48. The van der Waals surface area contributed by atoms with Crippen LogP contribution in [-0.4, -0.2) is 31.3 Å². The molecule has 1 heterocycles. The molecular formula is C24H22N4O5S. The quantitative estimate of drug-likeness (QED) is 0.450. The summed E-state index contributed by atoms with van der Waals surface area (Å²) in [6.45, 7) is 1.76. The number of sulfonamides is 1. The number of hydrazine groups is 1. The highest BCUT2D eigenvalue weighted by Gasteiger charge is 2.52. The number of carbonyl (C=O) groups is 3. The number of hydrogen-bond donors (Lipinski definition) is 3. The van der Waals surface area contributed by atoms with Gasteiger partial charge in [-0.3, -0.25) is 19.7 Å². The molecule has 3 aromatic carbocycles. The molecule has 1 fully saturated rings. The number of anilines is 1. The van der Waals surface area contributed by atoms with Crippen LogP contribution < -0.4 is 15.5 Å². The molecule has 0 radical (unpaired) electrons. The molecule has 0 spiro atoms. The van der Waals surface area contributed by atoms with E-state index >= 15 is 0 Å². The van der Waals surface area contributed by atoms with Crippen molar-refractivity contribution in [3.05, 3.63) is 96.1 Å². The fourth-order valence-corrected chi connectivity index (χ4v) is 4.77. The van der Waals surface area contributed by atoms with Gasteiger partial charge in [-0.05, 0) is 48.4 Å². The molecule has 34 heavy (non-hydrogen) atoms. The molecule has 1 atom stereocenters. The van der Waals surface area contributed by atoms with Gasteiger partial charge in [-0.15, -0.1) is 0 Å². The van der Waals surface area contributed by atoms with E-state index in [1.54, 1.807) is 67.6 Å². The smallest absolute Gasteiger partial charge is 0.318 e. The van der Waals surface area contributed by atoms with E-state index in [-0.39, 0.29) is 16.9 Å². The summed E-state index contributed by atoms with van der Waals surface area (Å²) in [7, 11) is -3.86. The zero-order valence-electron chi connectivity index (χ0n) is 18.2. The third kappa shape index (κ3) is 4.23. The predicted molar refractivity (Wildman–Crippen MR) is 125 cm³/mol. The van der Waals surface area contributed by atoms with Crippen LogP contribution >= 0.6 is 0 Å². The van der Waals surface area contributed by atoms with Crippen molar-refractivity contribution in [3.8, 4) is 0 Å². The molecule has 0 aliphatic carbocycles. The van der Waals surface area contributed by atoms with Crippen LogP contribution in [0.5, 0.6) is 0 Å². The first kappa shape index (κ1) is 23.0.